The van der Waals surface area contributed by atoms with E-state index < -0.39 is 5.97 Å². The first-order chi connectivity index (χ1) is 6.18. The first-order valence-electron chi connectivity index (χ1n) is 5.08. The van der Waals surface area contributed by atoms with E-state index in [1.54, 1.807) is 0 Å². The zero-order chi connectivity index (χ0) is 9.68. The summed E-state index contributed by atoms with van der Waals surface area (Å²) in [6.45, 7) is 0. The van der Waals surface area contributed by atoms with Gasteiger partial charge in [0.15, 0.2) is 0 Å². The van der Waals surface area contributed by atoms with Gasteiger partial charge in [-0.25, -0.2) is 0 Å². The molecule has 0 spiro atoms. The van der Waals surface area contributed by atoms with E-state index in [1.165, 1.54) is 0 Å². The maximum absolute atomic E-state index is 10.5. The molecule has 0 saturated heterocycles. The molecule has 0 amide bonds. The van der Waals surface area contributed by atoms with Crippen molar-refractivity contribution in [1.82, 2.24) is 0 Å². The molecule has 0 aliphatic heterocycles. The molecular weight excluding hydrogens is 192 g/mol. The number of carboxylic acid groups (broad SMARTS) is 1. The largest absolute Gasteiger partial charge is 0.481 e. The summed E-state index contributed by atoms with van der Waals surface area (Å²) in [6, 6.07) is 0. The van der Waals surface area contributed by atoms with Gasteiger partial charge in [0.1, 0.15) is 0 Å². The monoisotopic (exact) mass is 218 g/mol. The fraction of sp³-hybridized carbons (Fsp3) is 0.917. The summed E-state index contributed by atoms with van der Waals surface area (Å²) in [4.78, 5) is 10.5. The van der Waals surface area contributed by atoms with Crippen molar-refractivity contribution in [1.29, 1.82) is 0 Å². The number of hydrogen-bond donors (Lipinski definition) is 2. The standard InChI is InChI=1S/C10H18O3.2CH4/c11-9-5-3-1-2-4-8(6-9)7-10(12)13;;/h8-9,11H,1-7H2,(H,12,13);2*1H4. The molecule has 15 heavy (non-hydrogen) atoms. The summed E-state index contributed by atoms with van der Waals surface area (Å²) in [5, 5.41) is 18.1. The Kier molecular flexibility index (Phi) is 9.79. The summed E-state index contributed by atoms with van der Waals surface area (Å²) < 4.78 is 0. The van der Waals surface area contributed by atoms with Crippen LogP contribution in [0.2, 0.25) is 0 Å². The second-order valence-electron chi connectivity index (χ2n) is 3.99. The zero-order valence-electron chi connectivity index (χ0n) is 7.91. The lowest BCUT2D eigenvalue weighted by Crippen LogP contribution is -2.18. The topological polar surface area (TPSA) is 57.5 Å². The van der Waals surface area contributed by atoms with Gasteiger partial charge in [-0.1, -0.05) is 34.1 Å². The average Bonchev–Trinajstić information content (AvgIpc) is 1.98. The number of hydrogen-bond acceptors (Lipinski definition) is 2. The number of rotatable bonds is 2. The van der Waals surface area contributed by atoms with Crippen LogP contribution in [0.5, 0.6) is 0 Å². The van der Waals surface area contributed by atoms with Crippen molar-refractivity contribution in [3.05, 3.63) is 0 Å². The lowest BCUT2D eigenvalue weighted by molar-refractivity contribution is -0.138. The van der Waals surface area contributed by atoms with Crippen molar-refractivity contribution in [3.63, 3.8) is 0 Å². The van der Waals surface area contributed by atoms with Gasteiger partial charge in [0.25, 0.3) is 0 Å². The Hall–Kier alpha value is -0.570. The van der Waals surface area contributed by atoms with Gasteiger partial charge in [0.2, 0.25) is 0 Å². The fourth-order valence-electron chi connectivity index (χ4n) is 2.04. The highest BCUT2D eigenvalue weighted by Gasteiger charge is 2.19. The molecule has 92 valence electrons. The highest BCUT2D eigenvalue weighted by Crippen LogP contribution is 2.24. The normalized spacial score (nSPS) is 26.5. The van der Waals surface area contributed by atoms with Crippen LogP contribution in [0.15, 0.2) is 0 Å². The molecule has 0 radical (unpaired) electrons. The maximum Gasteiger partial charge on any atom is 0.303 e. The maximum atomic E-state index is 10.5. The Morgan fingerprint density at radius 2 is 1.73 bits per heavy atom. The van der Waals surface area contributed by atoms with Gasteiger partial charge < -0.3 is 10.2 Å². The lowest BCUT2D eigenvalue weighted by Gasteiger charge is -2.21. The molecule has 1 aliphatic rings. The summed E-state index contributed by atoms with van der Waals surface area (Å²) in [7, 11) is 0. The van der Waals surface area contributed by atoms with Crippen LogP contribution >= 0.6 is 0 Å². The first kappa shape index (κ1) is 16.8. The molecule has 0 heterocycles. The average molecular weight is 218 g/mol. The van der Waals surface area contributed by atoms with Crippen LogP contribution in [-0.4, -0.2) is 22.3 Å². The molecule has 2 unspecified atom stereocenters. The van der Waals surface area contributed by atoms with Crippen LogP contribution in [-0.2, 0) is 4.79 Å². The van der Waals surface area contributed by atoms with Crippen LogP contribution < -0.4 is 0 Å². The second kappa shape index (κ2) is 8.72. The second-order valence-corrected chi connectivity index (χ2v) is 3.99. The SMILES string of the molecule is C.C.O=C(O)CC1CCCCCC(O)C1. The molecule has 1 fully saturated rings. The van der Waals surface area contributed by atoms with Gasteiger partial charge in [-0.2, -0.15) is 0 Å². The predicted molar refractivity (Wildman–Crippen MR) is 62.9 cm³/mol. The van der Waals surface area contributed by atoms with E-state index in [4.69, 9.17) is 5.11 Å². The van der Waals surface area contributed by atoms with Crippen LogP contribution in [0.1, 0.15) is 59.8 Å². The van der Waals surface area contributed by atoms with Crippen LogP contribution in [0.3, 0.4) is 0 Å². The minimum absolute atomic E-state index is 0. The quantitative estimate of drug-likeness (QED) is 0.749. The Balaban J connectivity index is 0. The fourth-order valence-corrected chi connectivity index (χ4v) is 2.04. The smallest absolute Gasteiger partial charge is 0.303 e. The Bertz CT molecular complexity index is 168. The molecule has 0 aromatic carbocycles. The van der Waals surface area contributed by atoms with Crippen molar-refractivity contribution >= 4 is 5.97 Å². The minimum Gasteiger partial charge on any atom is -0.481 e. The summed E-state index contributed by atoms with van der Waals surface area (Å²) in [6.07, 6.45) is 5.76. The predicted octanol–water partition coefficient (Wildman–Crippen LogP) is 3.06. The van der Waals surface area contributed by atoms with Crippen molar-refractivity contribution < 1.29 is 15.0 Å². The zero-order valence-corrected chi connectivity index (χ0v) is 7.91. The van der Waals surface area contributed by atoms with E-state index in [0.29, 0.717) is 6.42 Å². The molecule has 2 N–H and O–H groups in total. The van der Waals surface area contributed by atoms with Gasteiger partial charge >= 0.3 is 5.97 Å². The Labute approximate surface area is 93.5 Å². The first-order valence-corrected chi connectivity index (χ1v) is 5.08. The van der Waals surface area contributed by atoms with E-state index in [0.717, 1.165) is 32.1 Å². The van der Waals surface area contributed by atoms with Crippen molar-refractivity contribution in [2.45, 2.75) is 65.9 Å². The molecule has 0 aromatic heterocycles. The van der Waals surface area contributed by atoms with Gasteiger partial charge in [-0.15, -0.1) is 0 Å². The molecular formula is C12H26O3. The molecule has 3 heteroatoms. The van der Waals surface area contributed by atoms with E-state index in [1.807, 2.05) is 0 Å². The van der Waals surface area contributed by atoms with Gasteiger partial charge in [0.05, 0.1) is 6.10 Å². The Morgan fingerprint density at radius 1 is 1.13 bits per heavy atom. The molecule has 0 bridgehead atoms. The third-order valence-electron chi connectivity index (χ3n) is 2.72. The third kappa shape index (κ3) is 7.37. The van der Waals surface area contributed by atoms with E-state index in [9.17, 15) is 9.90 Å². The molecule has 0 aromatic rings. The summed E-state index contributed by atoms with van der Waals surface area (Å²) >= 11 is 0. The van der Waals surface area contributed by atoms with Gasteiger partial charge in [-0.3, -0.25) is 4.79 Å². The van der Waals surface area contributed by atoms with Crippen molar-refractivity contribution in [2.75, 3.05) is 0 Å². The molecule has 1 aliphatic carbocycles. The van der Waals surface area contributed by atoms with Gasteiger partial charge in [0, 0.05) is 6.42 Å². The number of carbonyl (C=O) groups is 1. The summed E-state index contributed by atoms with van der Waals surface area (Å²) in [5.74, 6) is -0.550. The van der Waals surface area contributed by atoms with Crippen LogP contribution in [0.25, 0.3) is 0 Å². The van der Waals surface area contributed by atoms with Crippen molar-refractivity contribution in [2.24, 2.45) is 5.92 Å². The van der Waals surface area contributed by atoms with E-state index in [2.05, 4.69) is 0 Å². The highest BCUT2D eigenvalue weighted by molar-refractivity contribution is 5.67. The van der Waals surface area contributed by atoms with E-state index >= 15 is 0 Å². The Morgan fingerprint density at radius 3 is 2.33 bits per heavy atom. The number of aliphatic carboxylic acids is 1. The van der Waals surface area contributed by atoms with Crippen LogP contribution in [0, 0.1) is 5.92 Å². The summed E-state index contributed by atoms with van der Waals surface area (Å²) in [5.41, 5.74) is 0. The lowest BCUT2D eigenvalue weighted by atomic mass is 9.87. The molecule has 2 atom stereocenters. The number of carboxylic acids is 1. The molecule has 1 rings (SSSR count). The highest BCUT2D eigenvalue weighted by atomic mass is 16.4. The van der Waals surface area contributed by atoms with Crippen molar-refractivity contribution in [3.8, 4) is 0 Å². The molecule has 1 saturated carbocycles. The number of aliphatic hydroxyl groups excluding tert-OH is 1. The van der Waals surface area contributed by atoms with Crippen LogP contribution in [0.4, 0.5) is 0 Å². The molecule has 3 nitrogen and oxygen atoms in total. The van der Waals surface area contributed by atoms with Gasteiger partial charge in [-0.05, 0) is 25.2 Å². The number of aliphatic hydroxyl groups is 1. The minimum atomic E-state index is -0.738. The van der Waals surface area contributed by atoms with E-state index in [-0.39, 0.29) is 33.3 Å². The third-order valence-corrected chi connectivity index (χ3v) is 2.72.